The van der Waals surface area contributed by atoms with Crippen molar-refractivity contribution < 1.29 is 19.1 Å². The smallest absolute Gasteiger partial charge is 0.410 e. The van der Waals surface area contributed by atoms with E-state index in [4.69, 9.17) is 9.47 Å². The molecule has 4 rings (SSSR count). The minimum Gasteiger partial charge on any atom is -0.410 e. The van der Waals surface area contributed by atoms with Crippen LogP contribution in [0.5, 0.6) is 11.5 Å². The molecule has 2 atom stereocenters. The normalized spacial score (nSPS) is 21.8. The van der Waals surface area contributed by atoms with Crippen LogP contribution in [0.25, 0.3) is 0 Å². The van der Waals surface area contributed by atoms with Crippen LogP contribution < -0.4 is 9.47 Å². The highest BCUT2D eigenvalue weighted by Gasteiger charge is 2.34. The van der Waals surface area contributed by atoms with E-state index in [1.807, 2.05) is 21.9 Å². The van der Waals surface area contributed by atoms with E-state index in [-0.39, 0.29) is 24.0 Å². The van der Waals surface area contributed by atoms with E-state index < -0.39 is 0 Å². The number of likely N-dealkylation sites (tertiary alicyclic amines) is 2. The molecule has 0 N–H and O–H groups in total. The maximum Gasteiger partial charge on any atom is 0.415 e. The van der Waals surface area contributed by atoms with E-state index in [1.165, 1.54) is 5.57 Å². The maximum atomic E-state index is 13.4. The predicted molar refractivity (Wildman–Crippen MR) is 157 cm³/mol. The Labute approximate surface area is 235 Å². The Bertz CT molecular complexity index is 997. The molecule has 1 aliphatic carbocycles. The lowest BCUT2D eigenvalue weighted by Crippen LogP contribution is -2.38. The van der Waals surface area contributed by atoms with Crippen molar-refractivity contribution in [2.75, 3.05) is 26.2 Å². The zero-order valence-electron chi connectivity index (χ0n) is 24.4. The van der Waals surface area contributed by atoms with Gasteiger partial charge in [-0.25, -0.2) is 9.59 Å². The summed E-state index contributed by atoms with van der Waals surface area (Å²) in [5.74, 6) is 1.17. The van der Waals surface area contributed by atoms with Crippen LogP contribution >= 0.6 is 0 Å². The Morgan fingerprint density at radius 2 is 1.44 bits per heavy atom. The van der Waals surface area contributed by atoms with Crippen LogP contribution in [0, 0.1) is 5.92 Å². The van der Waals surface area contributed by atoms with Crippen LogP contribution in [0.15, 0.2) is 35.9 Å². The number of benzene rings is 1. The number of hydrogen-bond donors (Lipinski definition) is 0. The number of carbonyl (C=O) groups excluding carboxylic acids is 2. The van der Waals surface area contributed by atoms with Crippen LogP contribution in [0.1, 0.15) is 108 Å². The van der Waals surface area contributed by atoms with Gasteiger partial charge in [0.25, 0.3) is 0 Å². The van der Waals surface area contributed by atoms with E-state index in [1.54, 1.807) is 0 Å². The molecule has 0 bridgehead atoms. The Morgan fingerprint density at radius 3 is 1.92 bits per heavy atom. The van der Waals surface area contributed by atoms with Gasteiger partial charge in [-0.05, 0) is 102 Å². The average molecular weight is 537 g/mol. The first-order valence-electron chi connectivity index (χ1n) is 15.3. The van der Waals surface area contributed by atoms with Crippen LogP contribution in [-0.4, -0.2) is 48.2 Å². The molecule has 2 saturated heterocycles. The van der Waals surface area contributed by atoms with Crippen LogP contribution in [0.4, 0.5) is 9.59 Å². The fourth-order valence-corrected chi connectivity index (χ4v) is 6.25. The summed E-state index contributed by atoms with van der Waals surface area (Å²) in [6, 6.07) is 4.05. The molecular formula is C33H48N2O4. The number of allylic oxidation sites excluding steroid dienone is 3. The van der Waals surface area contributed by atoms with Crippen molar-refractivity contribution in [2.45, 2.75) is 104 Å². The monoisotopic (exact) mass is 536 g/mol. The fourth-order valence-electron chi connectivity index (χ4n) is 6.25. The molecule has 1 unspecified atom stereocenters. The van der Waals surface area contributed by atoms with Gasteiger partial charge >= 0.3 is 12.2 Å². The van der Waals surface area contributed by atoms with E-state index in [0.29, 0.717) is 11.5 Å². The Balaban J connectivity index is 1.78. The zero-order chi connectivity index (χ0) is 27.8. The quantitative estimate of drug-likeness (QED) is 0.247. The van der Waals surface area contributed by atoms with Gasteiger partial charge in [-0.2, -0.15) is 0 Å². The molecule has 2 amide bonds. The van der Waals surface area contributed by atoms with Crippen molar-refractivity contribution in [2.24, 2.45) is 5.92 Å². The molecule has 1 aromatic rings. The molecule has 0 saturated carbocycles. The first-order chi connectivity index (χ1) is 18.9. The Kier molecular flexibility index (Phi) is 10.5. The van der Waals surface area contributed by atoms with Crippen molar-refractivity contribution in [1.82, 2.24) is 9.80 Å². The van der Waals surface area contributed by atoms with Gasteiger partial charge in [0.1, 0.15) is 11.5 Å². The average Bonchev–Trinajstić information content (AvgIpc) is 2.94. The minimum atomic E-state index is -0.307. The number of carbonyl (C=O) groups is 2. The zero-order valence-corrected chi connectivity index (χ0v) is 24.4. The van der Waals surface area contributed by atoms with Gasteiger partial charge in [-0.15, -0.1) is 0 Å². The van der Waals surface area contributed by atoms with E-state index in [0.717, 1.165) is 120 Å². The summed E-state index contributed by atoms with van der Waals surface area (Å²) in [4.78, 5) is 30.4. The highest BCUT2D eigenvalue weighted by atomic mass is 16.6. The third kappa shape index (κ3) is 7.67. The van der Waals surface area contributed by atoms with Gasteiger partial charge in [0.15, 0.2) is 0 Å². The number of unbranched alkanes of at least 4 members (excludes halogenated alkanes) is 2. The standard InChI is InChI=1S/C33H48N2O4/c1-5-6-9-14-26-22-29(38-32(36)34-17-10-7-11-18-34)31(28-21-25(4)15-16-27(28)24(2)3)30(23-26)39-33(37)35-19-12-8-13-20-35/h21-23,27-28H,2,5-20H2,1,3-4H3/t27?,28-/m0/s1. The maximum absolute atomic E-state index is 13.4. The minimum absolute atomic E-state index is 0.0748. The lowest BCUT2D eigenvalue weighted by molar-refractivity contribution is 0.139. The van der Waals surface area contributed by atoms with Crippen molar-refractivity contribution >= 4 is 12.2 Å². The van der Waals surface area contributed by atoms with Gasteiger partial charge in [-0.1, -0.05) is 43.6 Å². The molecular weight excluding hydrogens is 488 g/mol. The Hall–Kier alpha value is -2.76. The third-order valence-electron chi connectivity index (χ3n) is 8.57. The number of aryl methyl sites for hydroxylation is 1. The molecule has 39 heavy (non-hydrogen) atoms. The molecule has 6 heteroatoms. The van der Waals surface area contributed by atoms with Gasteiger partial charge in [-0.3, -0.25) is 0 Å². The number of amides is 2. The number of piperidine rings is 2. The largest absolute Gasteiger partial charge is 0.415 e. The van der Waals surface area contributed by atoms with Gasteiger partial charge in [0, 0.05) is 37.7 Å². The van der Waals surface area contributed by atoms with E-state index in [9.17, 15) is 9.59 Å². The first kappa shape index (κ1) is 29.2. The highest BCUT2D eigenvalue weighted by Crippen LogP contribution is 2.47. The SMILES string of the molecule is C=C(C)C1CCC(C)=C[C@@H]1c1c(OC(=O)N2CCCCC2)cc(CCCCC)cc1OC(=O)N1CCCCC1. The molecule has 0 spiro atoms. The Morgan fingerprint density at radius 1 is 0.897 bits per heavy atom. The van der Waals surface area contributed by atoms with Crippen LogP contribution in [0.3, 0.4) is 0 Å². The van der Waals surface area contributed by atoms with Crippen molar-refractivity contribution in [3.05, 3.63) is 47.1 Å². The highest BCUT2D eigenvalue weighted by molar-refractivity contribution is 5.75. The summed E-state index contributed by atoms with van der Waals surface area (Å²) >= 11 is 0. The van der Waals surface area contributed by atoms with Crippen molar-refractivity contribution in [3.63, 3.8) is 0 Å². The van der Waals surface area contributed by atoms with Crippen molar-refractivity contribution in [3.8, 4) is 11.5 Å². The summed E-state index contributed by atoms with van der Waals surface area (Å²) in [5, 5.41) is 0. The number of ether oxygens (including phenoxy) is 2. The first-order valence-corrected chi connectivity index (χ1v) is 15.3. The number of hydrogen-bond acceptors (Lipinski definition) is 4. The molecule has 1 aromatic carbocycles. The molecule has 3 aliphatic rings. The second kappa shape index (κ2) is 14.0. The molecule has 2 aliphatic heterocycles. The van der Waals surface area contributed by atoms with Gasteiger partial charge in [0.05, 0.1) is 0 Å². The number of rotatable bonds is 8. The van der Waals surface area contributed by atoms with Gasteiger partial charge in [0.2, 0.25) is 0 Å². The van der Waals surface area contributed by atoms with E-state index in [2.05, 4.69) is 33.4 Å². The van der Waals surface area contributed by atoms with Crippen molar-refractivity contribution in [1.29, 1.82) is 0 Å². The molecule has 2 fully saturated rings. The van der Waals surface area contributed by atoms with Gasteiger partial charge < -0.3 is 19.3 Å². The summed E-state index contributed by atoms with van der Waals surface area (Å²) in [6.45, 7) is 13.6. The summed E-state index contributed by atoms with van der Waals surface area (Å²) in [6.07, 6.45) is 14.0. The summed E-state index contributed by atoms with van der Waals surface area (Å²) in [5.41, 5.74) is 4.24. The lowest BCUT2D eigenvalue weighted by Gasteiger charge is -2.34. The fraction of sp³-hybridized carbons (Fsp3) is 0.636. The van der Waals surface area contributed by atoms with Crippen LogP contribution in [0.2, 0.25) is 0 Å². The third-order valence-corrected chi connectivity index (χ3v) is 8.57. The molecule has 0 aromatic heterocycles. The topological polar surface area (TPSA) is 59.1 Å². The molecule has 2 heterocycles. The molecule has 6 nitrogen and oxygen atoms in total. The summed E-state index contributed by atoms with van der Waals surface area (Å²) in [7, 11) is 0. The molecule has 0 radical (unpaired) electrons. The predicted octanol–water partition coefficient (Wildman–Crippen LogP) is 8.40. The van der Waals surface area contributed by atoms with E-state index >= 15 is 0 Å². The second-order valence-electron chi connectivity index (χ2n) is 11.8. The lowest BCUT2D eigenvalue weighted by atomic mass is 9.73. The van der Waals surface area contributed by atoms with Crippen LogP contribution in [-0.2, 0) is 6.42 Å². The second-order valence-corrected chi connectivity index (χ2v) is 11.8. The number of nitrogens with zero attached hydrogens (tertiary/aromatic N) is 2. The summed E-state index contributed by atoms with van der Waals surface area (Å²) < 4.78 is 12.5. The molecule has 214 valence electrons.